The van der Waals surface area contributed by atoms with Crippen LogP contribution in [0.4, 0.5) is 10.1 Å². The first-order valence-electron chi connectivity index (χ1n) is 10.9. The number of fused-ring (bicyclic) bond motifs is 1. The third-order valence-electron chi connectivity index (χ3n) is 6.19. The monoisotopic (exact) mass is 488 g/mol. The molecule has 6 rings (SSSR count). The molecule has 174 valence electrons. The molecule has 0 aliphatic carbocycles. The molecular formula is C24H18ClFN8O. The molecule has 0 saturated heterocycles. The number of halogens is 2. The molecule has 2 aromatic carbocycles. The fourth-order valence-corrected chi connectivity index (χ4v) is 4.76. The van der Waals surface area contributed by atoms with Gasteiger partial charge >= 0.3 is 0 Å². The molecule has 9 nitrogen and oxygen atoms in total. The molecule has 4 heterocycles. The van der Waals surface area contributed by atoms with Crippen LogP contribution >= 0.6 is 11.6 Å². The Morgan fingerprint density at radius 2 is 1.91 bits per heavy atom. The number of nitrogen functional groups attached to an aromatic ring is 1. The van der Waals surface area contributed by atoms with E-state index in [4.69, 9.17) is 17.3 Å². The maximum Gasteiger partial charge on any atom is 0.252 e. The van der Waals surface area contributed by atoms with Crippen molar-refractivity contribution in [2.75, 3.05) is 5.73 Å². The van der Waals surface area contributed by atoms with Crippen molar-refractivity contribution in [2.45, 2.75) is 18.9 Å². The summed E-state index contributed by atoms with van der Waals surface area (Å²) < 4.78 is 17.9. The number of nitrogens with zero attached hydrogens (tertiary/aromatic N) is 6. The SMILES string of the molecule is Nc1ccc(-c2[nH]c([C@@H]3CCc4cc(-c5cc(Cl)ccc5-n5cnnn5)cc(=O)n43)nc2F)cc1. The number of rotatable bonds is 4. The molecule has 11 heteroatoms. The molecule has 0 saturated carbocycles. The number of hydrogen-bond acceptors (Lipinski definition) is 6. The molecule has 0 fully saturated rings. The van der Waals surface area contributed by atoms with Crippen molar-refractivity contribution in [3.05, 3.63) is 93.8 Å². The van der Waals surface area contributed by atoms with Crippen LogP contribution in [-0.4, -0.2) is 34.7 Å². The Morgan fingerprint density at radius 3 is 2.69 bits per heavy atom. The summed E-state index contributed by atoms with van der Waals surface area (Å²) in [6.07, 6.45) is 2.73. The molecule has 35 heavy (non-hydrogen) atoms. The van der Waals surface area contributed by atoms with Crippen molar-refractivity contribution in [3.63, 3.8) is 0 Å². The number of aryl methyl sites for hydroxylation is 1. The standard InChI is InChI=1S/C24H18ClFN8O/c25-15-3-7-19(33-12-28-31-32-33)18(11-15)14-9-17-6-8-20(34(17)21(35)10-14)24-29-22(23(26)30-24)13-1-4-16(27)5-2-13/h1-5,7,9-12,20H,6,8,27H2,(H,29,30)/t20-/m0/s1. The van der Waals surface area contributed by atoms with Gasteiger partial charge in [0, 0.05) is 33.6 Å². The van der Waals surface area contributed by atoms with Crippen LogP contribution in [0.5, 0.6) is 0 Å². The van der Waals surface area contributed by atoms with Gasteiger partial charge in [-0.15, -0.1) is 5.10 Å². The maximum absolute atomic E-state index is 14.7. The molecule has 0 bridgehead atoms. The Labute approximate surface area is 203 Å². The summed E-state index contributed by atoms with van der Waals surface area (Å²) in [7, 11) is 0. The van der Waals surface area contributed by atoms with Crippen molar-refractivity contribution >= 4 is 17.3 Å². The van der Waals surface area contributed by atoms with Crippen molar-refractivity contribution < 1.29 is 4.39 Å². The van der Waals surface area contributed by atoms with E-state index >= 15 is 0 Å². The van der Waals surface area contributed by atoms with Crippen LogP contribution in [0.2, 0.25) is 5.02 Å². The van der Waals surface area contributed by atoms with Gasteiger partial charge in [-0.05, 0) is 65.2 Å². The number of benzene rings is 2. The van der Waals surface area contributed by atoms with E-state index in [9.17, 15) is 9.18 Å². The summed E-state index contributed by atoms with van der Waals surface area (Å²) in [4.78, 5) is 20.5. The number of anilines is 1. The maximum atomic E-state index is 14.7. The van der Waals surface area contributed by atoms with Crippen LogP contribution in [-0.2, 0) is 6.42 Å². The molecule has 1 aliphatic rings. The van der Waals surface area contributed by atoms with E-state index in [0.717, 1.165) is 11.3 Å². The van der Waals surface area contributed by atoms with Gasteiger partial charge < -0.3 is 15.3 Å². The van der Waals surface area contributed by atoms with E-state index in [-0.39, 0.29) is 11.3 Å². The van der Waals surface area contributed by atoms with E-state index < -0.39 is 12.0 Å². The van der Waals surface area contributed by atoms with Crippen LogP contribution < -0.4 is 11.3 Å². The number of hydrogen-bond donors (Lipinski definition) is 2. The smallest absolute Gasteiger partial charge is 0.252 e. The molecule has 0 radical (unpaired) electrons. The zero-order valence-corrected chi connectivity index (χ0v) is 18.9. The highest BCUT2D eigenvalue weighted by Crippen LogP contribution is 2.35. The molecular weight excluding hydrogens is 471 g/mol. The zero-order valence-electron chi connectivity index (χ0n) is 18.2. The first-order chi connectivity index (χ1) is 17.0. The van der Waals surface area contributed by atoms with Crippen LogP contribution in [0, 0.1) is 5.95 Å². The van der Waals surface area contributed by atoms with Gasteiger partial charge in [0.25, 0.3) is 5.56 Å². The van der Waals surface area contributed by atoms with Crippen molar-refractivity contribution in [3.8, 4) is 28.1 Å². The molecule has 5 aromatic rings. The van der Waals surface area contributed by atoms with Crippen LogP contribution in [0.25, 0.3) is 28.1 Å². The van der Waals surface area contributed by atoms with Gasteiger partial charge in [0.05, 0.1) is 11.7 Å². The number of tetrazole rings is 1. The molecule has 0 amide bonds. The fourth-order valence-electron chi connectivity index (χ4n) is 4.59. The fraction of sp³-hybridized carbons (Fsp3) is 0.125. The summed E-state index contributed by atoms with van der Waals surface area (Å²) in [5.74, 6) is -0.215. The molecule has 1 aliphatic heterocycles. The van der Waals surface area contributed by atoms with E-state index in [1.54, 1.807) is 53.1 Å². The van der Waals surface area contributed by atoms with Crippen molar-refractivity contribution in [2.24, 2.45) is 0 Å². The van der Waals surface area contributed by atoms with E-state index in [2.05, 4.69) is 25.5 Å². The van der Waals surface area contributed by atoms with E-state index in [0.29, 0.717) is 46.2 Å². The number of nitrogens with one attached hydrogen (secondary N) is 1. The number of imidazole rings is 1. The molecule has 0 spiro atoms. The number of H-pyrrole nitrogens is 1. The summed E-state index contributed by atoms with van der Waals surface area (Å²) in [5.41, 5.74) is 9.95. The van der Waals surface area contributed by atoms with Gasteiger partial charge in [-0.25, -0.2) is 4.98 Å². The van der Waals surface area contributed by atoms with Crippen molar-refractivity contribution in [1.29, 1.82) is 0 Å². The highest BCUT2D eigenvalue weighted by atomic mass is 35.5. The van der Waals surface area contributed by atoms with E-state index in [1.165, 1.54) is 11.0 Å². The minimum absolute atomic E-state index is 0.214. The Balaban J connectivity index is 1.41. The number of nitrogens with two attached hydrogens (primary N) is 1. The van der Waals surface area contributed by atoms with Crippen LogP contribution in [0.1, 0.15) is 24.0 Å². The second-order valence-corrected chi connectivity index (χ2v) is 8.76. The molecule has 0 unspecified atom stereocenters. The highest BCUT2D eigenvalue weighted by Gasteiger charge is 2.29. The second-order valence-electron chi connectivity index (χ2n) is 8.32. The number of aromatic amines is 1. The highest BCUT2D eigenvalue weighted by molar-refractivity contribution is 6.31. The normalized spacial score (nSPS) is 14.9. The summed E-state index contributed by atoms with van der Waals surface area (Å²) in [6, 6.07) is 15.3. The number of aromatic nitrogens is 7. The number of pyridine rings is 1. The van der Waals surface area contributed by atoms with Gasteiger partial charge in [-0.2, -0.15) is 9.07 Å². The van der Waals surface area contributed by atoms with Gasteiger partial charge in [0.15, 0.2) is 0 Å². The third kappa shape index (κ3) is 3.68. The lowest BCUT2D eigenvalue weighted by molar-refractivity contribution is 0.548. The van der Waals surface area contributed by atoms with Crippen LogP contribution in [0.3, 0.4) is 0 Å². The quantitative estimate of drug-likeness (QED) is 0.371. The lowest BCUT2D eigenvalue weighted by Gasteiger charge is -2.15. The van der Waals surface area contributed by atoms with Crippen LogP contribution in [0.15, 0.2) is 65.7 Å². The average molecular weight is 489 g/mol. The Bertz CT molecular complexity index is 1610. The summed E-state index contributed by atoms with van der Waals surface area (Å²) in [5, 5.41) is 11.9. The molecule has 1 atom stereocenters. The first-order valence-corrected chi connectivity index (χ1v) is 11.3. The second kappa shape index (κ2) is 8.17. The minimum Gasteiger partial charge on any atom is -0.399 e. The lowest BCUT2D eigenvalue weighted by Crippen LogP contribution is -2.24. The predicted molar refractivity (Wildman–Crippen MR) is 129 cm³/mol. The lowest BCUT2D eigenvalue weighted by atomic mass is 10.0. The predicted octanol–water partition coefficient (Wildman–Crippen LogP) is 3.79. The average Bonchev–Trinajstić information content (AvgIpc) is 3.59. The summed E-state index contributed by atoms with van der Waals surface area (Å²) in [6.45, 7) is 0. The minimum atomic E-state index is -0.618. The van der Waals surface area contributed by atoms with Gasteiger partial charge in [-0.3, -0.25) is 4.79 Å². The Kier molecular flexibility index (Phi) is 4.96. The van der Waals surface area contributed by atoms with E-state index in [1.807, 2.05) is 6.07 Å². The topological polar surface area (TPSA) is 120 Å². The Hall–Kier alpha value is -4.31. The Morgan fingerprint density at radius 1 is 1.09 bits per heavy atom. The van der Waals surface area contributed by atoms with Gasteiger partial charge in [0.1, 0.15) is 17.8 Å². The zero-order chi connectivity index (χ0) is 24.1. The summed E-state index contributed by atoms with van der Waals surface area (Å²) >= 11 is 6.27. The van der Waals surface area contributed by atoms with Gasteiger partial charge in [-0.1, -0.05) is 23.7 Å². The molecule has 3 aromatic heterocycles. The largest absolute Gasteiger partial charge is 0.399 e. The third-order valence-corrected chi connectivity index (χ3v) is 6.43. The van der Waals surface area contributed by atoms with Crippen molar-refractivity contribution in [1.82, 2.24) is 34.7 Å². The first kappa shape index (κ1) is 21.2. The molecule has 3 N–H and O–H groups in total. The van der Waals surface area contributed by atoms with Gasteiger partial charge in [0.2, 0.25) is 5.95 Å².